The van der Waals surface area contributed by atoms with Gasteiger partial charge in [-0.1, -0.05) is 29.8 Å². The van der Waals surface area contributed by atoms with Crippen molar-refractivity contribution in [3.63, 3.8) is 0 Å². The summed E-state index contributed by atoms with van der Waals surface area (Å²) in [6.07, 6.45) is 0.250. The van der Waals surface area contributed by atoms with Gasteiger partial charge in [0.2, 0.25) is 0 Å². The lowest BCUT2D eigenvalue weighted by Gasteiger charge is -2.14. The Hall–Kier alpha value is -1.30. The van der Waals surface area contributed by atoms with Crippen molar-refractivity contribution in [2.45, 2.75) is 12.7 Å². The SMILES string of the molecule is COC(CNC(=O)NCCc1ccccc1Cl)OC. The molecule has 0 aromatic heterocycles. The number of nitrogens with one attached hydrogen (secondary N) is 2. The number of urea groups is 1. The molecule has 2 N–H and O–H groups in total. The average Bonchev–Trinajstić information content (AvgIpc) is 2.42. The fourth-order valence-corrected chi connectivity index (χ4v) is 1.74. The maximum Gasteiger partial charge on any atom is 0.314 e. The molecule has 0 bridgehead atoms. The van der Waals surface area contributed by atoms with Crippen LogP contribution in [0.25, 0.3) is 0 Å². The normalized spacial score (nSPS) is 10.5. The van der Waals surface area contributed by atoms with Crippen LogP contribution in [0.15, 0.2) is 24.3 Å². The van der Waals surface area contributed by atoms with Crippen molar-refractivity contribution in [2.75, 3.05) is 27.3 Å². The van der Waals surface area contributed by atoms with Gasteiger partial charge in [-0.25, -0.2) is 4.79 Å². The van der Waals surface area contributed by atoms with Crippen molar-refractivity contribution in [3.05, 3.63) is 34.9 Å². The number of methoxy groups -OCH3 is 2. The van der Waals surface area contributed by atoms with E-state index in [-0.39, 0.29) is 6.03 Å². The summed E-state index contributed by atoms with van der Waals surface area (Å²) in [4.78, 5) is 11.5. The van der Waals surface area contributed by atoms with Crippen molar-refractivity contribution in [1.82, 2.24) is 10.6 Å². The van der Waals surface area contributed by atoms with E-state index < -0.39 is 6.29 Å². The largest absolute Gasteiger partial charge is 0.354 e. The molecule has 5 nitrogen and oxygen atoms in total. The van der Waals surface area contributed by atoms with Gasteiger partial charge >= 0.3 is 6.03 Å². The summed E-state index contributed by atoms with van der Waals surface area (Å²) >= 11 is 6.02. The third kappa shape index (κ3) is 5.92. The lowest BCUT2D eigenvalue weighted by atomic mass is 10.1. The van der Waals surface area contributed by atoms with E-state index in [0.717, 1.165) is 5.56 Å². The average molecular weight is 287 g/mol. The predicted octanol–water partition coefficient (Wildman–Crippen LogP) is 1.80. The summed E-state index contributed by atoms with van der Waals surface area (Å²) in [6.45, 7) is 0.811. The number of rotatable bonds is 7. The van der Waals surface area contributed by atoms with Crippen LogP contribution in [0, 0.1) is 0 Å². The van der Waals surface area contributed by atoms with Gasteiger partial charge < -0.3 is 20.1 Å². The molecule has 0 saturated heterocycles. The summed E-state index contributed by atoms with van der Waals surface area (Å²) in [6, 6.07) is 7.31. The third-order valence-electron chi connectivity index (χ3n) is 2.59. The van der Waals surface area contributed by atoms with Gasteiger partial charge in [-0.15, -0.1) is 0 Å². The van der Waals surface area contributed by atoms with E-state index in [9.17, 15) is 4.79 Å². The molecule has 1 aromatic rings. The minimum atomic E-state index is -0.436. The Balaban J connectivity index is 2.22. The molecule has 0 fully saturated rings. The third-order valence-corrected chi connectivity index (χ3v) is 2.96. The molecule has 0 saturated carbocycles. The predicted molar refractivity (Wildman–Crippen MR) is 74.4 cm³/mol. The van der Waals surface area contributed by atoms with Gasteiger partial charge in [0, 0.05) is 25.8 Å². The number of hydrogen-bond donors (Lipinski definition) is 2. The lowest BCUT2D eigenvalue weighted by Crippen LogP contribution is -2.41. The first kappa shape index (κ1) is 15.8. The molecule has 1 aromatic carbocycles. The highest BCUT2D eigenvalue weighted by molar-refractivity contribution is 6.31. The van der Waals surface area contributed by atoms with Gasteiger partial charge in [-0.3, -0.25) is 0 Å². The molecule has 1 rings (SSSR count). The maximum atomic E-state index is 11.5. The maximum absolute atomic E-state index is 11.5. The topological polar surface area (TPSA) is 59.6 Å². The molecule has 106 valence electrons. The first-order valence-corrected chi connectivity index (χ1v) is 6.36. The summed E-state index contributed by atoms with van der Waals surface area (Å²) in [7, 11) is 3.04. The number of amides is 2. The van der Waals surface area contributed by atoms with Crippen molar-refractivity contribution in [2.24, 2.45) is 0 Å². The Morgan fingerprint density at radius 3 is 2.58 bits per heavy atom. The van der Waals surface area contributed by atoms with Gasteiger partial charge in [-0.2, -0.15) is 0 Å². The van der Waals surface area contributed by atoms with Gasteiger partial charge in [0.25, 0.3) is 0 Å². The van der Waals surface area contributed by atoms with Crippen LogP contribution in [-0.2, 0) is 15.9 Å². The fourth-order valence-electron chi connectivity index (χ4n) is 1.51. The van der Waals surface area contributed by atoms with Crippen LogP contribution >= 0.6 is 11.6 Å². The van der Waals surface area contributed by atoms with Crippen molar-refractivity contribution in [1.29, 1.82) is 0 Å². The van der Waals surface area contributed by atoms with Crippen molar-refractivity contribution in [3.8, 4) is 0 Å². The first-order valence-electron chi connectivity index (χ1n) is 5.98. The fraction of sp³-hybridized carbons (Fsp3) is 0.462. The molecule has 0 atom stereocenters. The molecule has 2 amide bonds. The Bertz CT molecular complexity index is 397. The smallest absolute Gasteiger partial charge is 0.314 e. The second-order valence-corrected chi connectivity index (χ2v) is 4.29. The van der Waals surface area contributed by atoms with Crippen molar-refractivity contribution >= 4 is 17.6 Å². The standard InChI is InChI=1S/C13H19ClN2O3/c1-18-12(19-2)9-16-13(17)15-8-7-10-5-3-4-6-11(10)14/h3-6,12H,7-9H2,1-2H3,(H2,15,16,17). The molecule has 0 unspecified atom stereocenters. The van der Waals surface area contributed by atoms with Crippen LogP contribution in [0.3, 0.4) is 0 Å². The molecule has 0 aliphatic carbocycles. The first-order chi connectivity index (χ1) is 9.17. The Morgan fingerprint density at radius 2 is 1.95 bits per heavy atom. The van der Waals surface area contributed by atoms with Crippen LogP contribution in [0.2, 0.25) is 5.02 Å². The van der Waals surface area contributed by atoms with Gasteiger partial charge in [-0.05, 0) is 18.1 Å². The molecule has 0 aliphatic heterocycles. The Labute approximate surface area is 118 Å². The molecule has 19 heavy (non-hydrogen) atoms. The van der Waals surface area contributed by atoms with Crippen molar-refractivity contribution < 1.29 is 14.3 Å². The second kappa shape index (κ2) is 8.74. The number of carbonyl (C=O) groups is 1. The summed E-state index contributed by atoms with van der Waals surface area (Å²) in [5.41, 5.74) is 1.01. The van der Waals surface area contributed by atoms with E-state index in [2.05, 4.69) is 10.6 Å². The quantitative estimate of drug-likeness (QED) is 0.752. The number of benzene rings is 1. The minimum absolute atomic E-state index is 0.258. The zero-order valence-corrected chi connectivity index (χ0v) is 11.9. The molecule has 0 spiro atoms. The lowest BCUT2D eigenvalue weighted by molar-refractivity contribution is -0.0971. The molecular weight excluding hydrogens is 268 g/mol. The van der Waals surface area contributed by atoms with Crippen LogP contribution in [0.4, 0.5) is 4.79 Å². The monoisotopic (exact) mass is 286 g/mol. The summed E-state index contributed by atoms with van der Waals surface area (Å²) < 4.78 is 9.91. The van der Waals surface area contributed by atoms with E-state index in [4.69, 9.17) is 21.1 Å². The van der Waals surface area contributed by atoms with Gasteiger partial charge in [0.1, 0.15) is 0 Å². The van der Waals surface area contributed by atoms with Gasteiger partial charge in [0.15, 0.2) is 6.29 Å². The highest BCUT2D eigenvalue weighted by Crippen LogP contribution is 2.14. The van der Waals surface area contributed by atoms with Crippen LogP contribution < -0.4 is 10.6 Å². The highest BCUT2D eigenvalue weighted by Gasteiger charge is 2.07. The molecule has 0 radical (unpaired) electrons. The van der Waals surface area contributed by atoms with E-state index in [0.29, 0.717) is 24.5 Å². The van der Waals surface area contributed by atoms with Crippen LogP contribution in [-0.4, -0.2) is 39.6 Å². The van der Waals surface area contributed by atoms with E-state index >= 15 is 0 Å². The molecule has 6 heteroatoms. The summed E-state index contributed by atoms with van der Waals surface area (Å²) in [5, 5.41) is 6.11. The highest BCUT2D eigenvalue weighted by atomic mass is 35.5. The molecular formula is C13H19ClN2O3. The number of carbonyl (C=O) groups excluding carboxylic acids is 1. The van der Waals surface area contributed by atoms with Crippen LogP contribution in [0.1, 0.15) is 5.56 Å². The summed E-state index contributed by atoms with van der Waals surface area (Å²) in [5.74, 6) is 0. The van der Waals surface area contributed by atoms with Crippen LogP contribution in [0.5, 0.6) is 0 Å². The second-order valence-electron chi connectivity index (χ2n) is 3.88. The molecule has 0 heterocycles. The van der Waals surface area contributed by atoms with E-state index in [1.807, 2.05) is 24.3 Å². The van der Waals surface area contributed by atoms with E-state index in [1.165, 1.54) is 14.2 Å². The number of ether oxygens (including phenoxy) is 2. The Morgan fingerprint density at radius 1 is 1.26 bits per heavy atom. The van der Waals surface area contributed by atoms with E-state index in [1.54, 1.807) is 0 Å². The number of hydrogen-bond acceptors (Lipinski definition) is 3. The minimum Gasteiger partial charge on any atom is -0.354 e. The van der Waals surface area contributed by atoms with Gasteiger partial charge in [0.05, 0.1) is 6.54 Å². The zero-order valence-electron chi connectivity index (χ0n) is 11.1. The zero-order chi connectivity index (χ0) is 14.1. The number of halogens is 1. The Kier molecular flexibility index (Phi) is 7.25. The molecule has 0 aliphatic rings.